The van der Waals surface area contributed by atoms with E-state index in [0.717, 1.165) is 64.3 Å². The van der Waals surface area contributed by atoms with Gasteiger partial charge in [0.2, 0.25) is 11.9 Å². The number of aromatic amines is 1. The SMILES string of the molecule is O=C(CO)Nc1cc(Nc2ncc3cc(-c4nccs4)c(OC4CCNCC4)cc3n2)cc(-c2cn[nH]c2)c1. The van der Waals surface area contributed by atoms with Crippen LogP contribution in [0.15, 0.2) is 60.5 Å². The summed E-state index contributed by atoms with van der Waals surface area (Å²) in [6, 6.07) is 9.44. The number of rotatable bonds is 8. The summed E-state index contributed by atoms with van der Waals surface area (Å²) in [4.78, 5) is 25.6. The van der Waals surface area contributed by atoms with Crippen LogP contribution in [-0.2, 0) is 4.79 Å². The highest BCUT2D eigenvalue weighted by molar-refractivity contribution is 7.13. The molecule has 12 heteroatoms. The number of anilines is 3. The second kappa shape index (κ2) is 11.2. The molecule has 11 nitrogen and oxygen atoms in total. The van der Waals surface area contributed by atoms with Crippen molar-refractivity contribution in [2.45, 2.75) is 18.9 Å². The van der Waals surface area contributed by atoms with Crippen LogP contribution in [0.1, 0.15) is 12.8 Å². The number of ether oxygens (including phenoxy) is 1. The van der Waals surface area contributed by atoms with Gasteiger partial charge in [0.15, 0.2) is 0 Å². The fourth-order valence-electron chi connectivity index (χ4n) is 4.51. The maximum absolute atomic E-state index is 11.8. The number of aromatic nitrogens is 5. The first-order valence-corrected chi connectivity index (χ1v) is 13.4. The number of hydrogen-bond acceptors (Lipinski definition) is 10. The van der Waals surface area contributed by atoms with Crippen LogP contribution in [0.25, 0.3) is 32.6 Å². The lowest BCUT2D eigenvalue weighted by Gasteiger charge is -2.25. The minimum Gasteiger partial charge on any atom is -0.490 e. The van der Waals surface area contributed by atoms with E-state index >= 15 is 0 Å². The van der Waals surface area contributed by atoms with Crippen LogP contribution in [0.5, 0.6) is 5.75 Å². The van der Waals surface area contributed by atoms with E-state index < -0.39 is 12.5 Å². The summed E-state index contributed by atoms with van der Waals surface area (Å²) in [6.07, 6.45) is 9.00. The molecule has 2 aromatic carbocycles. The fourth-order valence-corrected chi connectivity index (χ4v) is 5.17. The van der Waals surface area contributed by atoms with E-state index in [1.807, 2.05) is 23.6 Å². The number of aliphatic hydroxyl groups excluding tert-OH is 1. The first kappa shape index (κ1) is 24.9. The van der Waals surface area contributed by atoms with E-state index in [1.165, 1.54) is 0 Å². The van der Waals surface area contributed by atoms with Crippen LogP contribution >= 0.6 is 11.3 Å². The average Bonchev–Trinajstić information content (AvgIpc) is 3.68. The monoisotopic (exact) mass is 542 g/mol. The minimum atomic E-state index is -0.614. The van der Waals surface area contributed by atoms with Gasteiger partial charge in [-0.15, -0.1) is 11.3 Å². The largest absolute Gasteiger partial charge is 0.490 e. The number of H-pyrrole nitrogens is 1. The third-order valence-electron chi connectivity index (χ3n) is 6.37. The van der Waals surface area contributed by atoms with E-state index in [2.05, 4.69) is 36.1 Å². The molecule has 1 aliphatic heterocycles. The first-order valence-electron chi connectivity index (χ1n) is 12.5. The van der Waals surface area contributed by atoms with E-state index in [-0.39, 0.29) is 6.10 Å². The van der Waals surface area contributed by atoms with Gasteiger partial charge in [-0.05, 0) is 55.8 Å². The van der Waals surface area contributed by atoms with Gasteiger partial charge in [0.05, 0.1) is 17.3 Å². The molecule has 0 bridgehead atoms. The molecule has 1 amide bonds. The van der Waals surface area contributed by atoms with Crippen molar-refractivity contribution in [1.82, 2.24) is 30.5 Å². The molecule has 0 spiro atoms. The molecule has 1 fully saturated rings. The predicted molar refractivity (Wildman–Crippen MR) is 150 cm³/mol. The van der Waals surface area contributed by atoms with Crippen molar-refractivity contribution in [1.29, 1.82) is 0 Å². The molecule has 1 aliphatic rings. The number of fused-ring (bicyclic) bond motifs is 1. The van der Waals surface area contributed by atoms with Crippen molar-refractivity contribution < 1.29 is 14.6 Å². The molecule has 1 saturated heterocycles. The molecule has 39 heavy (non-hydrogen) atoms. The number of piperidine rings is 1. The lowest BCUT2D eigenvalue weighted by Crippen LogP contribution is -2.34. The third-order valence-corrected chi connectivity index (χ3v) is 7.18. The molecular weight excluding hydrogens is 516 g/mol. The lowest BCUT2D eigenvalue weighted by molar-refractivity contribution is -0.118. The quantitative estimate of drug-likeness (QED) is 0.196. The molecule has 0 atom stereocenters. The van der Waals surface area contributed by atoms with Gasteiger partial charge < -0.3 is 25.8 Å². The molecule has 5 aromatic rings. The normalized spacial score (nSPS) is 13.9. The Balaban J connectivity index is 1.34. The van der Waals surface area contributed by atoms with Crippen molar-refractivity contribution in [3.05, 3.63) is 60.5 Å². The summed E-state index contributed by atoms with van der Waals surface area (Å²) in [5.41, 5.74) is 4.49. The number of hydrogen-bond donors (Lipinski definition) is 5. The molecule has 4 heterocycles. The Kier molecular flexibility index (Phi) is 7.13. The number of carbonyl (C=O) groups excluding carboxylic acids is 1. The zero-order chi connectivity index (χ0) is 26.6. The van der Waals surface area contributed by atoms with Crippen molar-refractivity contribution in [3.63, 3.8) is 0 Å². The summed E-state index contributed by atoms with van der Waals surface area (Å²) in [7, 11) is 0. The molecular formula is C27H26N8O3S. The van der Waals surface area contributed by atoms with Crippen molar-refractivity contribution >= 4 is 45.5 Å². The highest BCUT2D eigenvalue weighted by atomic mass is 32.1. The summed E-state index contributed by atoms with van der Waals surface area (Å²) in [5, 5.41) is 29.0. The van der Waals surface area contributed by atoms with Gasteiger partial charge in [-0.2, -0.15) is 5.10 Å². The topological polar surface area (TPSA) is 150 Å². The van der Waals surface area contributed by atoms with Crippen LogP contribution in [0, 0.1) is 0 Å². The summed E-state index contributed by atoms with van der Waals surface area (Å²) in [6.45, 7) is 1.25. The highest BCUT2D eigenvalue weighted by Crippen LogP contribution is 2.36. The van der Waals surface area contributed by atoms with Gasteiger partial charge in [-0.25, -0.2) is 15.0 Å². The Bertz CT molecular complexity index is 1580. The number of nitrogens with one attached hydrogen (secondary N) is 4. The minimum absolute atomic E-state index is 0.125. The second-order valence-electron chi connectivity index (χ2n) is 9.12. The Morgan fingerprint density at radius 1 is 1.08 bits per heavy atom. The fraction of sp³-hybridized carbons (Fsp3) is 0.222. The Morgan fingerprint density at radius 2 is 1.95 bits per heavy atom. The van der Waals surface area contributed by atoms with E-state index in [1.54, 1.807) is 48.3 Å². The standard InChI is InChI=1S/C27H26N8O3S/c36-15-25(37)33-19-7-16(18-13-31-32-14-18)8-20(10-19)34-27-30-12-17-9-22(26-29-5-6-39-26)24(11-23(17)35-27)38-21-1-3-28-4-2-21/h5-14,21,28,36H,1-4,15H2,(H,31,32)(H,33,37)(H,30,34,35). The van der Waals surface area contributed by atoms with E-state index in [9.17, 15) is 9.90 Å². The maximum Gasteiger partial charge on any atom is 0.250 e. The number of carbonyl (C=O) groups is 1. The van der Waals surface area contributed by atoms with Gasteiger partial charge in [0.25, 0.3) is 0 Å². The highest BCUT2D eigenvalue weighted by Gasteiger charge is 2.19. The number of benzene rings is 2. The van der Waals surface area contributed by atoms with Crippen LogP contribution in [0.4, 0.5) is 17.3 Å². The van der Waals surface area contributed by atoms with Crippen LogP contribution in [-0.4, -0.2) is 62.0 Å². The zero-order valence-electron chi connectivity index (χ0n) is 20.8. The molecule has 5 N–H and O–H groups in total. The smallest absolute Gasteiger partial charge is 0.250 e. The molecule has 0 unspecified atom stereocenters. The summed E-state index contributed by atoms with van der Waals surface area (Å²) >= 11 is 1.56. The van der Waals surface area contributed by atoms with Gasteiger partial charge in [-0.3, -0.25) is 9.89 Å². The Morgan fingerprint density at radius 3 is 2.72 bits per heavy atom. The molecule has 0 radical (unpaired) electrons. The molecule has 0 aliphatic carbocycles. The lowest BCUT2D eigenvalue weighted by atomic mass is 10.1. The molecule has 3 aromatic heterocycles. The third kappa shape index (κ3) is 5.72. The Hall–Kier alpha value is -4.39. The maximum atomic E-state index is 11.8. The van der Waals surface area contributed by atoms with Crippen LogP contribution in [0.2, 0.25) is 0 Å². The van der Waals surface area contributed by atoms with Crippen molar-refractivity contribution in [2.75, 3.05) is 30.3 Å². The second-order valence-corrected chi connectivity index (χ2v) is 10.0. The summed E-state index contributed by atoms with van der Waals surface area (Å²) in [5.74, 6) is 0.635. The van der Waals surface area contributed by atoms with Gasteiger partial charge in [0, 0.05) is 52.4 Å². The Labute approximate surface area is 227 Å². The number of amides is 1. The predicted octanol–water partition coefficient (Wildman–Crippen LogP) is 3.95. The number of nitrogens with zero attached hydrogens (tertiary/aromatic N) is 4. The molecule has 0 saturated carbocycles. The molecule has 6 rings (SSSR count). The van der Waals surface area contributed by atoms with Gasteiger partial charge in [0.1, 0.15) is 23.5 Å². The van der Waals surface area contributed by atoms with Crippen LogP contribution in [0.3, 0.4) is 0 Å². The summed E-state index contributed by atoms with van der Waals surface area (Å²) < 4.78 is 6.47. The van der Waals surface area contributed by atoms with Crippen LogP contribution < -0.4 is 20.7 Å². The van der Waals surface area contributed by atoms with Crippen molar-refractivity contribution in [2.24, 2.45) is 0 Å². The first-order chi connectivity index (χ1) is 19.1. The number of aliphatic hydroxyl groups is 1. The molecule has 198 valence electrons. The average molecular weight is 543 g/mol. The van der Waals surface area contributed by atoms with Gasteiger partial charge in [-0.1, -0.05) is 0 Å². The van der Waals surface area contributed by atoms with Crippen molar-refractivity contribution in [3.8, 4) is 27.4 Å². The zero-order valence-corrected chi connectivity index (χ0v) is 21.7. The van der Waals surface area contributed by atoms with E-state index in [0.29, 0.717) is 17.3 Å². The van der Waals surface area contributed by atoms with E-state index in [4.69, 9.17) is 9.72 Å². The van der Waals surface area contributed by atoms with Gasteiger partial charge >= 0.3 is 0 Å². The number of thiazole rings is 1.